The fourth-order valence-electron chi connectivity index (χ4n) is 2.31. The third-order valence-electron chi connectivity index (χ3n) is 3.59. The zero-order valence-corrected chi connectivity index (χ0v) is 13.0. The van der Waals surface area contributed by atoms with E-state index in [9.17, 15) is 14.7 Å². The molecule has 0 amide bonds. The van der Waals surface area contributed by atoms with E-state index in [2.05, 4.69) is 6.92 Å². The summed E-state index contributed by atoms with van der Waals surface area (Å²) in [6.07, 6.45) is 6.02. The van der Waals surface area contributed by atoms with Gasteiger partial charge in [-0.15, -0.1) is 0 Å². The summed E-state index contributed by atoms with van der Waals surface area (Å²) in [5.74, 6) is -2.28. The summed E-state index contributed by atoms with van der Waals surface area (Å²) in [6, 6.07) is -0.581. The summed E-state index contributed by atoms with van der Waals surface area (Å²) in [5.41, 5.74) is 0. The first kappa shape index (κ1) is 18.9. The number of aliphatic carboxylic acids is 2. The summed E-state index contributed by atoms with van der Waals surface area (Å²) in [4.78, 5) is 24.0. The molecule has 5 heteroatoms. The molecule has 0 heterocycles. The second-order valence-electron chi connectivity index (χ2n) is 5.41. The Morgan fingerprint density at radius 2 is 1.60 bits per heavy atom. The maximum absolute atomic E-state index is 11.3. The highest BCUT2D eigenvalue weighted by atomic mass is 16.4. The summed E-state index contributed by atoms with van der Waals surface area (Å²) < 4.78 is 0. The van der Waals surface area contributed by atoms with Gasteiger partial charge in [-0.25, -0.2) is 0 Å². The van der Waals surface area contributed by atoms with Gasteiger partial charge < -0.3 is 10.2 Å². The number of hydrogen-bond donors (Lipinski definition) is 2. The van der Waals surface area contributed by atoms with Crippen LogP contribution in [0.3, 0.4) is 0 Å². The van der Waals surface area contributed by atoms with Gasteiger partial charge >= 0.3 is 11.9 Å². The topological polar surface area (TPSA) is 77.8 Å². The van der Waals surface area contributed by atoms with E-state index in [0.29, 0.717) is 19.5 Å². The number of carboxylic acids is 2. The quantitative estimate of drug-likeness (QED) is 0.540. The highest BCUT2D eigenvalue weighted by Gasteiger charge is 2.26. The van der Waals surface area contributed by atoms with E-state index >= 15 is 0 Å². The zero-order chi connectivity index (χ0) is 15.5. The molecule has 5 nitrogen and oxygen atoms in total. The number of unbranched alkanes of at least 4 members (excludes halogenated alkanes) is 4. The molecular weight excluding hydrogens is 258 g/mol. The van der Waals surface area contributed by atoms with E-state index in [1.807, 2.05) is 11.8 Å². The average Bonchev–Trinajstić information content (AvgIpc) is 2.38. The zero-order valence-electron chi connectivity index (χ0n) is 13.0. The second-order valence-corrected chi connectivity index (χ2v) is 5.41. The Hall–Kier alpha value is -1.10. The summed E-state index contributed by atoms with van der Waals surface area (Å²) in [5, 5.41) is 18.2. The van der Waals surface area contributed by atoms with Crippen LogP contribution in [0.1, 0.15) is 59.3 Å². The SMILES string of the molecule is CCCCCCCN(CC(C)C(=O)O)C(CC)C(=O)O. The average molecular weight is 287 g/mol. The predicted molar refractivity (Wildman–Crippen MR) is 78.8 cm³/mol. The molecule has 0 aromatic heterocycles. The van der Waals surface area contributed by atoms with Crippen molar-refractivity contribution in [3.8, 4) is 0 Å². The van der Waals surface area contributed by atoms with Crippen molar-refractivity contribution in [2.45, 2.75) is 65.3 Å². The first-order valence-electron chi connectivity index (χ1n) is 7.63. The van der Waals surface area contributed by atoms with Crippen LogP contribution in [-0.2, 0) is 9.59 Å². The molecule has 0 radical (unpaired) electrons. The van der Waals surface area contributed by atoms with Gasteiger partial charge in [-0.3, -0.25) is 14.5 Å². The largest absolute Gasteiger partial charge is 0.481 e. The Kier molecular flexibility index (Phi) is 10.1. The normalized spacial score (nSPS) is 14.2. The summed E-state index contributed by atoms with van der Waals surface area (Å²) in [6.45, 7) is 6.56. The third kappa shape index (κ3) is 7.48. The lowest BCUT2D eigenvalue weighted by Gasteiger charge is -2.29. The number of nitrogens with zero attached hydrogens (tertiary/aromatic N) is 1. The first-order valence-corrected chi connectivity index (χ1v) is 7.63. The van der Waals surface area contributed by atoms with Crippen molar-refractivity contribution in [2.24, 2.45) is 5.92 Å². The van der Waals surface area contributed by atoms with Crippen LogP contribution < -0.4 is 0 Å². The molecule has 2 N–H and O–H groups in total. The molecule has 0 aliphatic rings. The summed E-state index contributed by atoms with van der Waals surface area (Å²) in [7, 11) is 0. The third-order valence-corrected chi connectivity index (χ3v) is 3.59. The molecule has 0 aromatic rings. The number of hydrogen-bond acceptors (Lipinski definition) is 3. The van der Waals surface area contributed by atoms with Gasteiger partial charge in [0.2, 0.25) is 0 Å². The molecule has 2 unspecified atom stereocenters. The molecule has 0 fully saturated rings. The molecule has 0 aromatic carbocycles. The van der Waals surface area contributed by atoms with Gasteiger partial charge in [0.25, 0.3) is 0 Å². The number of carbonyl (C=O) groups is 2. The van der Waals surface area contributed by atoms with Gasteiger partial charge in [0.15, 0.2) is 0 Å². The lowest BCUT2D eigenvalue weighted by atomic mass is 10.1. The molecular formula is C15H29NO4. The maximum atomic E-state index is 11.3. The molecule has 20 heavy (non-hydrogen) atoms. The molecule has 0 aliphatic heterocycles. The maximum Gasteiger partial charge on any atom is 0.320 e. The van der Waals surface area contributed by atoms with Crippen LogP contribution in [0.5, 0.6) is 0 Å². The van der Waals surface area contributed by atoms with Crippen molar-refractivity contribution in [3.63, 3.8) is 0 Å². The Morgan fingerprint density at radius 3 is 2.05 bits per heavy atom. The predicted octanol–water partition coefficient (Wildman–Crippen LogP) is 2.84. The van der Waals surface area contributed by atoms with Crippen LogP contribution in [0.15, 0.2) is 0 Å². The number of rotatable bonds is 12. The van der Waals surface area contributed by atoms with E-state index in [-0.39, 0.29) is 0 Å². The Bertz CT molecular complexity index is 294. The molecule has 0 saturated heterocycles. The minimum Gasteiger partial charge on any atom is -0.481 e. The van der Waals surface area contributed by atoms with Crippen molar-refractivity contribution < 1.29 is 19.8 Å². The van der Waals surface area contributed by atoms with E-state index in [1.54, 1.807) is 6.92 Å². The first-order chi connectivity index (χ1) is 9.43. The van der Waals surface area contributed by atoms with E-state index < -0.39 is 23.9 Å². The van der Waals surface area contributed by atoms with Gasteiger partial charge in [0, 0.05) is 6.54 Å². The Balaban J connectivity index is 4.45. The van der Waals surface area contributed by atoms with Crippen molar-refractivity contribution in [3.05, 3.63) is 0 Å². The van der Waals surface area contributed by atoms with Crippen LogP contribution in [0.2, 0.25) is 0 Å². The Morgan fingerprint density at radius 1 is 1.00 bits per heavy atom. The highest BCUT2D eigenvalue weighted by molar-refractivity contribution is 5.74. The van der Waals surface area contributed by atoms with Gasteiger partial charge in [0.05, 0.1) is 5.92 Å². The van der Waals surface area contributed by atoms with Gasteiger partial charge in [0.1, 0.15) is 6.04 Å². The Labute approximate surface area is 122 Å². The van der Waals surface area contributed by atoms with Gasteiger partial charge in [-0.2, -0.15) is 0 Å². The van der Waals surface area contributed by atoms with Crippen molar-refractivity contribution in [1.29, 1.82) is 0 Å². The van der Waals surface area contributed by atoms with Crippen LogP contribution in [0.25, 0.3) is 0 Å². The smallest absolute Gasteiger partial charge is 0.320 e. The van der Waals surface area contributed by atoms with Crippen LogP contribution in [-0.4, -0.2) is 46.2 Å². The van der Waals surface area contributed by atoms with Gasteiger partial charge in [-0.1, -0.05) is 46.5 Å². The van der Waals surface area contributed by atoms with Crippen molar-refractivity contribution in [1.82, 2.24) is 4.90 Å². The van der Waals surface area contributed by atoms with E-state index in [4.69, 9.17) is 5.11 Å². The molecule has 2 atom stereocenters. The van der Waals surface area contributed by atoms with Crippen molar-refractivity contribution in [2.75, 3.05) is 13.1 Å². The van der Waals surface area contributed by atoms with Crippen LogP contribution in [0, 0.1) is 5.92 Å². The minimum atomic E-state index is -0.874. The fourth-order valence-corrected chi connectivity index (χ4v) is 2.31. The van der Waals surface area contributed by atoms with Crippen LogP contribution >= 0.6 is 0 Å². The monoisotopic (exact) mass is 287 g/mol. The molecule has 0 spiro atoms. The molecule has 0 saturated carbocycles. The molecule has 0 bridgehead atoms. The lowest BCUT2D eigenvalue weighted by molar-refractivity contribution is -0.147. The molecule has 0 aliphatic carbocycles. The summed E-state index contributed by atoms with van der Waals surface area (Å²) >= 11 is 0. The molecule has 118 valence electrons. The number of carboxylic acid groups (broad SMARTS) is 2. The fraction of sp³-hybridized carbons (Fsp3) is 0.867. The van der Waals surface area contributed by atoms with Crippen LogP contribution in [0.4, 0.5) is 0 Å². The highest BCUT2D eigenvalue weighted by Crippen LogP contribution is 2.12. The van der Waals surface area contributed by atoms with Gasteiger partial charge in [-0.05, 0) is 19.4 Å². The minimum absolute atomic E-state index is 0.300. The van der Waals surface area contributed by atoms with E-state index in [0.717, 1.165) is 19.3 Å². The lowest BCUT2D eigenvalue weighted by Crippen LogP contribution is -2.44. The molecule has 0 rings (SSSR count). The van der Waals surface area contributed by atoms with Crippen molar-refractivity contribution >= 4 is 11.9 Å². The second kappa shape index (κ2) is 10.7. The standard InChI is InChI=1S/C15H29NO4/c1-4-6-7-8-9-10-16(11-12(3)14(17)18)13(5-2)15(19)20/h12-13H,4-11H2,1-3H3,(H,17,18)(H,19,20). The van der Waals surface area contributed by atoms with E-state index in [1.165, 1.54) is 12.8 Å².